The minimum Gasteiger partial charge on any atom is -0.489 e. The molecular weight excluding hydrogens is 418 g/mol. The van der Waals surface area contributed by atoms with Gasteiger partial charge in [0.15, 0.2) is 0 Å². The number of carbonyl (C=O) groups excluding carboxylic acids is 1. The lowest BCUT2D eigenvalue weighted by Gasteiger charge is -2.28. The molecule has 172 valence electrons. The molecule has 1 aliphatic heterocycles. The minimum atomic E-state index is -0.574. The number of hydrogen-bond donors (Lipinski definition) is 1. The van der Waals surface area contributed by atoms with Crippen LogP contribution < -0.4 is 10.1 Å². The highest BCUT2D eigenvalue weighted by Gasteiger charge is 2.36. The largest absolute Gasteiger partial charge is 0.489 e. The van der Waals surface area contributed by atoms with E-state index in [9.17, 15) is 4.79 Å². The van der Waals surface area contributed by atoms with Crippen LogP contribution in [-0.4, -0.2) is 32.8 Å². The highest BCUT2D eigenvalue weighted by Crippen LogP contribution is 2.39. The summed E-state index contributed by atoms with van der Waals surface area (Å²) in [7, 11) is 0. The molecule has 0 bridgehead atoms. The van der Waals surface area contributed by atoms with Gasteiger partial charge in [-0.2, -0.15) is 4.68 Å². The van der Waals surface area contributed by atoms with Crippen LogP contribution in [0.4, 0.5) is 5.95 Å². The van der Waals surface area contributed by atoms with Gasteiger partial charge in [-0.15, -0.1) is 0 Å². The first-order valence-corrected chi connectivity index (χ1v) is 11.0. The molecule has 1 N–H and O–H groups in total. The number of fused-ring (bicyclic) bond motifs is 1. The summed E-state index contributed by atoms with van der Waals surface area (Å²) >= 11 is 0. The Morgan fingerprint density at radius 3 is 2.55 bits per heavy atom. The maximum atomic E-state index is 12.9. The van der Waals surface area contributed by atoms with Gasteiger partial charge in [0.2, 0.25) is 5.95 Å². The molecule has 0 aliphatic carbocycles. The number of esters is 1. The predicted octanol–water partition coefficient (Wildman–Crippen LogP) is 4.40. The number of para-hydroxylation sites is 1. The standard InChI is InChI=1S/C25H29N5O3/c1-6-32-23(31)21-16(2)26-24-27-28-29-30(24)22(21)19-9-7-8-10-20(19)33-15-17-11-13-18(14-12-17)25(3,4)5/h7-14,22H,6,15H2,1-5H3,(H,26,27,29). The van der Waals surface area contributed by atoms with E-state index in [1.807, 2.05) is 31.2 Å². The molecular formula is C25H29N5O3. The molecule has 8 heteroatoms. The first-order valence-electron chi connectivity index (χ1n) is 11.0. The summed E-state index contributed by atoms with van der Waals surface area (Å²) in [5.41, 5.74) is 4.30. The Morgan fingerprint density at radius 2 is 1.85 bits per heavy atom. The molecule has 1 atom stereocenters. The second-order valence-corrected chi connectivity index (χ2v) is 9.01. The fourth-order valence-corrected chi connectivity index (χ4v) is 3.87. The Morgan fingerprint density at radius 1 is 1.12 bits per heavy atom. The molecule has 2 heterocycles. The quantitative estimate of drug-likeness (QED) is 0.560. The predicted molar refractivity (Wildman–Crippen MR) is 125 cm³/mol. The van der Waals surface area contributed by atoms with Crippen LogP contribution >= 0.6 is 0 Å². The van der Waals surface area contributed by atoms with Crippen LogP contribution in [-0.2, 0) is 21.6 Å². The number of nitrogens with zero attached hydrogens (tertiary/aromatic N) is 4. The molecule has 0 amide bonds. The second kappa shape index (κ2) is 9.05. The molecule has 0 radical (unpaired) electrons. The highest BCUT2D eigenvalue weighted by molar-refractivity contribution is 5.92. The molecule has 1 unspecified atom stereocenters. The van der Waals surface area contributed by atoms with Gasteiger partial charge in [0.25, 0.3) is 0 Å². The van der Waals surface area contributed by atoms with Crippen molar-refractivity contribution in [2.45, 2.75) is 52.7 Å². The average Bonchev–Trinajstić information content (AvgIpc) is 3.25. The summed E-state index contributed by atoms with van der Waals surface area (Å²) in [4.78, 5) is 12.9. The van der Waals surface area contributed by atoms with Gasteiger partial charge in [0.05, 0.1) is 12.2 Å². The zero-order chi connectivity index (χ0) is 23.6. The van der Waals surface area contributed by atoms with Crippen molar-refractivity contribution < 1.29 is 14.3 Å². The van der Waals surface area contributed by atoms with Crippen LogP contribution in [0.15, 0.2) is 59.8 Å². The van der Waals surface area contributed by atoms with Gasteiger partial charge >= 0.3 is 5.97 Å². The number of hydrogen-bond acceptors (Lipinski definition) is 7. The van der Waals surface area contributed by atoms with Gasteiger partial charge in [-0.25, -0.2) is 4.79 Å². The number of allylic oxidation sites excluding steroid dienone is 1. The van der Waals surface area contributed by atoms with E-state index in [-0.39, 0.29) is 12.0 Å². The van der Waals surface area contributed by atoms with Crippen LogP contribution in [0.3, 0.4) is 0 Å². The molecule has 1 aromatic heterocycles. The molecule has 0 saturated carbocycles. The molecule has 0 fully saturated rings. The monoisotopic (exact) mass is 447 g/mol. The number of benzene rings is 2. The number of tetrazole rings is 1. The van der Waals surface area contributed by atoms with Gasteiger partial charge in [-0.3, -0.25) is 0 Å². The normalized spacial score (nSPS) is 15.6. The smallest absolute Gasteiger partial charge is 0.338 e. The Labute approximate surface area is 193 Å². The maximum Gasteiger partial charge on any atom is 0.338 e. The third-order valence-electron chi connectivity index (χ3n) is 5.64. The van der Waals surface area contributed by atoms with Gasteiger partial charge in [0.1, 0.15) is 18.4 Å². The number of aromatic nitrogens is 4. The SMILES string of the molecule is CCOC(=O)C1=C(C)Nc2nnnn2C1c1ccccc1OCc1ccc(C(C)(C)C)cc1. The van der Waals surface area contributed by atoms with Crippen molar-refractivity contribution in [1.82, 2.24) is 20.2 Å². The third kappa shape index (κ3) is 4.60. The van der Waals surface area contributed by atoms with E-state index >= 15 is 0 Å². The van der Waals surface area contributed by atoms with Crippen molar-refractivity contribution in [2.24, 2.45) is 0 Å². The summed E-state index contributed by atoms with van der Waals surface area (Å²) in [5, 5.41) is 15.0. The van der Waals surface area contributed by atoms with Gasteiger partial charge in [-0.05, 0) is 46.9 Å². The van der Waals surface area contributed by atoms with Gasteiger partial charge < -0.3 is 14.8 Å². The average molecular weight is 448 g/mol. The van der Waals surface area contributed by atoms with Crippen LogP contribution in [0.1, 0.15) is 57.4 Å². The molecule has 33 heavy (non-hydrogen) atoms. The summed E-state index contributed by atoms with van der Waals surface area (Å²) in [6, 6.07) is 15.5. The van der Waals surface area contributed by atoms with Crippen molar-refractivity contribution in [3.63, 3.8) is 0 Å². The minimum absolute atomic E-state index is 0.0955. The van der Waals surface area contributed by atoms with Crippen molar-refractivity contribution >= 4 is 11.9 Å². The fourth-order valence-electron chi connectivity index (χ4n) is 3.87. The molecule has 8 nitrogen and oxygen atoms in total. The van der Waals surface area contributed by atoms with E-state index < -0.39 is 12.0 Å². The Bertz CT molecular complexity index is 1180. The Kier molecular flexibility index (Phi) is 6.18. The van der Waals surface area contributed by atoms with E-state index in [1.54, 1.807) is 11.6 Å². The van der Waals surface area contributed by atoms with Crippen LogP contribution in [0.5, 0.6) is 5.75 Å². The molecule has 4 rings (SSSR count). The molecule has 3 aromatic rings. The van der Waals surface area contributed by atoms with Crippen molar-refractivity contribution in [3.05, 3.63) is 76.5 Å². The van der Waals surface area contributed by atoms with Crippen LogP contribution in [0.25, 0.3) is 0 Å². The molecule has 0 saturated heterocycles. The van der Waals surface area contributed by atoms with E-state index in [1.165, 1.54) is 5.56 Å². The molecule has 0 spiro atoms. The number of rotatable bonds is 6. The van der Waals surface area contributed by atoms with E-state index in [4.69, 9.17) is 9.47 Å². The fraction of sp³-hybridized carbons (Fsp3) is 0.360. The van der Waals surface area contributed by atoms with Crippen molar-refractivity contribution in [2.75, 3.05) is 11.9 Å². The van der Waals surface area contributed by atoms with E-state index in [0.29, 0.717) is 29.6 Å². The van der Waals surface area contributed by atoms with Crippen molar-refractivity contribution in [1.29, 1.82) is 0 Å². The summed E-state index contributed by atoms with van der Waals surface area (Å²) < 4.78 is 13.2. The van der Waals surface area contributed by atoms with Crippen molar-refractivity contribution in [3.8, 4) is 5.75 Å². The van der Waals surface area contributed by atoms with E-state index in [2.05, 4.69) is 65.9 Å². The lowest BCUT2D eigenvalue weighted by molar-refractivity contribution is -0.139. The third-order valence-corrected chi connectivity index (χ3v) is 5.64. The second-order valence-electron chi connectivity index (χ2n) is 9.01. The first kappa shape index (κ1) is 22.5. The van der Waals surface area contributed by atoms with Gasteiger partial charge in [0, 0.05) is 11.3 Å². The lowest BCUT2D eigenvalue weighted by atomic mass is 9.87. The summed E-state index contributed by atoms with van der Waals surface area (Å²) in [5.74, 6) is 0.694. The number of ether oxygens (including phenoxy) is 2. The Hall–Kier alpha value is -3.68. The first-order chi connectivity index (χ1) is 15.8. The number of anilines is 1. The summed E-state index contributed by atoms with van der Waals surface area (Å²) in [6.07, 6.45) is 0. The number of nitrogens with one attached hydrogen (secondary N) is 1. The lowest BCUT2D eigenvalue weighted by Crippen LogP contribution is -2.30. The topological polar surface area (TPSA) is 91.2 Å². The Balaban J connectivity index is 1.66. The van der Waals surface area contributed by atoms with Crippen LogP contribution in [0.2, 0.25) is 0 Å². The summed E-state index contributed by atoms with van der Waals surface area (Å²) in [6.45, 7) is 10.8. The zero-order valence-corrected chi connectivity index (χ0v) is 19.6. The van der Waals surface area contributed by atoms with Crippen LogP contribution in [0, 0.1) is 0 Å². The molecule has 1 aliphatic rings. The van der Waals surface area contributed by atoms with E-state index in [0.717, 1.165) is 11.1 Å². The zero-order valence-electron chi connectivity index (χ0n) is 19.6. The van der Waals surface area contributed by atoms with Gasteiger partial charge in [-0.1, -0.05) is 68.3 Å². The highest BCUT2D eigenvalue weighted by atomic mass is 16.5. The maximum absolute atomic E-state index is 12.9. The molecule has 2 aromatic carbocycles. The number of carbonyl (C=O) groups is 1.